The lowest BCUT2D eigenvalue weighted by atomic mass is 10.1. The normalized spacial score (nSPS) is 16.6. The second-order valence-corrected chi connectivity index (χ2v) is 7.71. The molecule has 1 aliphatic heterocycles. The van der Waals surface area contributed by atoms with Crippen molar-refractivity contribution in [1.82, 2.24) is 9.80 Å². The molecule has 1 heterocycles. The van der Waals surface area contributed by atoms with Crippen molar-refractivity contribution in [2.24, 2.45) is 0 Å². The predicted octanol–water partition coefficient (Wildman–Crippen LogP) is 3.63. The van der Waals surface area contributed by atoms with E-state index >= 15 is 0 Å². The zero-order chi connectivity index (χ0) is 19.8. The molecule has 2 aromatic rings. The fourth-order valence-corrected chi connectivity index (χ4v) is 3.61. The minimum atomic E-state index is -0.500. The molecule has 0 radical (unpaired) electrons. The average Bonchev–Trinajstić information content (AvgIpc) is 2.71. The number of aliphatic hydroxyl groups is 1. The van der Waals surface area contributed by atoms with Gasteiger partial charge in [0.15, 0.2) is 0 Å². The summed E-state index contributed by atoms with van der Waals surface area (Å²) in [5.74, 6) is 0.828. The van der Waals surface area contributed by atoms with Crippen LogP contribution in [-0.2, 0) is 13.0 Å². The van der Waals surface area contributed by atoms with Crippen molar-refractivity contribution in [3.63, 3.8) is 0 Å². The molecule has 28 heavy (non-hydrogen) atoms. The third-order valence-electron chi connectivity index (χ3n) is 5.02. The number of β-amino-alcohol motifs (C(OH)–C–C–N with tert-alkyl or cyclic N) is 1. The third-order valence-corrected chi connectivity index (χ3v) is 5.27. The number of piperazine rings is 1. The summed E-state index contributed by atoms with van der Waals surface area (Å²) in [7, 11) is 0. The summed E-state index contributed by atoms with van der Waals surface area (Å²) in [5, 5.41) is 11.2. The van der Waals surface area contributed by atoms with E-state index in [0.29, 0.717) is 13.2 Å². The van der Waals surface area contributed by atoms with Crippen molar-refractivity contribution in [3.8, 4) is 5.75 Å². The second-order valence-electron chi connectivity index (χ2n) is 7.27. The van der Waals surface area contributed by atoms with E-state index in [1.165, 1.54) is 5.56 Å². The number of ether oxygens (including phenoxy) is 1. The van der Waals surface area contributed by atoms with Crippen LogP contribution >= 0.6 is 11.6 Å². The Morgan fingerprint density at radius 1 is 1.04 bits per heavy atom. The smallest absolute Gasteiger partial charge is 0.122 e. The van der Waals surface area contributed by atoms with Gasteiger partial charge in [-0.25, -0.2) is 0 Å². The second kappa shape index (κ2) is 10.6. The van der Waals surface area contributed by atoms with Crippen LogP contribution in [0.25, 0.3) is 0 Å². The maximum absolute atomic E-state index is 10.4. The third kappa shape index (κ3) is 6.35. The van der Waals surface area contributed by atoms with Gasteiger partial charge in [-0.2, -0.15) is 0 Å². The summed E-state index contributed by atoms with van der Waals surface area (Å²) in [6.45, 7) is 9.58. The first-order valence-electron chi connectivity index (χ1n) is 9.83. The molecule has 150 valence electrons. The quantitative estimate of drug-likeness (QED) is 0.652. The van der Waals surface area contributed by atoms with Crippen LogP contribution in [0.15, 0.2) is 61.2 Å². The number of allylic oxidation sites excluding steroid dienone is 1. The fourth-order valence-electron chi connectivity index (χ4n) is 3.48. The molecule has 5 heteroatoms. The maximum Gasteiger partial charge on any atom is 0.122 e. The van der Waals surface area contributed by atoms with E-state index < -0.39 is 6.10 Å². The van der Waals surface area contributed by atoms with E-state index in [0.717, 1.165) is 55.5 Å². The maximum atomic E-state index is 10.4. The molecule has 0 saturated carbocycles. The summed E-state index contributed by atoms with van der Waals surface area (Å²) in [6.07, 6.45) is 2.13. The highest BCUT2D eigenvalue weighted by atomic mass is 35.5. The van der Waals surface area contributed by atoms with Crippen molar-refractivity contribution in [3.05, 3.63) is 77.3 Å². The van der Waals surface area contributed by atoms with Gasteiger partial charge in [0.2, 0.25) is 0 Å². The number of nitrogens with zero attached hydrogens (tertiary/aromatic N) is 2. The lowest BCUT2D eigenvalue weighted by Gasteiger charge is -2.35. The number of halogens is 1. The van der Waals surface area contributed by atoms with Gasteiger partial charge in [0, 0.05) is 44.3 Å². The number of para-hydroxylation sites is 1. The van der Waals surface area contributed by atoms with Gasteiger partial charge < -0.3 is 9.84 Å². The van der Waals surface area contributed by atoms with Crippen LogP contribution in [0.2, 0.25) is 5.02 Å². The van der Waals surface area contributed by atoms with Crippen LogP contribution in [0.3, 0.4) is 0 Å². The van der Waals surface area contributed by atoms with Crippen LogP contribution in [0, 0.1) is 0 Å². The molecule has 0 aliphatic carbocycles. The van der Waals surface area contributed by atoms with E-state index in [1.807, 2.05) is 42.5 Å². The van der Waals surface area contributed by atoms with Crippen molar-refractivity contribution >= 4 is 11.6 Å². The summed E-state index contributed by atoms with van der Waals surface area (Å²) < 4.78 is 5.86. The van der Waals surface area contributed by atoms with E-state index in [2.05, 4.69) is 28.5 Å². The molecular formula is C23H29ClN2O2. The van der Waals surface area contributed by atoms with Gasteiger partial charge in [0.05, 0.1) is 0 Å². The first-order chi connectivity index (χ1) is 13.6. The minimum Gasteiger partial charge on any atom is -0.491 e. The molecule has 1 saturated heterocycles. The van der Waals surface area contributed by atoms with Crippen molar-refractivity contribution in [1.29, 1.82) is 0 Å². The topological polar surface area (TPSA) is 35.9 Å². The van der Waals surface area contributed by atoms with Gasteiger partial charge in [0.1, 0.15) is 18.5 Å². The highest BCUT2D eigenvalue weighted by molar-refractivity contribution is 6.30. The molecule has 1 N–H and O–H groups in total. The van der Waals surface area contributed by atoms with Crippen molar-refractivity contribution < 1.29 is 9.84 Å². The Morgan fingerprint density at radius 3 is 2.43 bits per heavy atom. The Kier molecular flexibility index (Phi) is 7.92. The van der Waals surface area contributed by atoms with Crippen molar-refractivity contribution in [2.75, 3.05) is 39.3 Å². The number of hydrogen-bond acceptors (Lipinski definition) is 4. The highest BCUT2D eigenvalue weighted by Gasteiger charge is 2.19. The van der Waals surface area contributed by atoms with E-state index in [-0.39, 0.29) is 0 Å². The lowest BCUT2D eigenvalue weighted by molar-refractivity contribution is 0.0444. The summed E-state index contributed by atoms with van der Waals surface area (Å²) in [5.41, 5.74) is 2.38. The van der Waals surface area contributed by atoms with Crippen LogP contribution in [0.5, 0.6) is 5.75 Å². The first kappa shape index (κ1) is 20.9. The average molecular weight is 401 g/mol. The van der Waals surface area contributed by atoms with Crippen LogP contribution in [0.4, 0.5) is 0 Å². The highest BCUT2D eigenvalue weighted by Crippen LogP contribution is 2.19. The van der Waals surface area contributed by atoms with E-state index in [9.17, 15) is 5.11 Å². The Bertz CT molecular complexity index is 743. The van der Waals surface area contributed by atoms with Gasteiger partial charge in [-0.3, -0.25) is 9.80 Å². The Morgan fingerprint density at radius 2 is 1.71 bits per heavy atom. The molecule has 1 aliphatic rings. The summed E-state index contributed by atoms with van der Waals surface area (Å²) in [6, 6.07) is 16.0. The van der Waals surface area contributed by atoms with Gasteiger partial charge >= 0.3 is 0 Å². The zero-order valence-corrected chi connectivity index (χ0v) is 17.0. The number of hydrogen-bond donors (Lipinski definition) is 1. The molecular weight excluding hydrogens is 372 g/mol. The molecule has 3 rings (SSSR count). The van der Waals surface area contributed by atoms with Gasteiger partial charge in [-0.15, -0.1) is 6.58 Å². The Labute approximate surface area is 173 Å². The number of benzene rings is 2. The van der Waals surface area contributed by atoms with Crippen molar-refractivity contribution in [2.45, 2.75) is 19.1 Å². The minimum absolute atomic E-state index is 0.305. The van der Waals surface area contributed by atoms with E-state index in [1.54, 1.807) is 0 Å². The lowest BCUT2D eigenvalue weighted by Crippen LogP contribution is -2.48. The SMILES string of the molecule is C=CCc1ccccc1OCC(O)CN1CCN(Cc2ccc(Cl)cc2)CC1. The largest absolute Gasteiger partial charge is 0.491 e. The van der Waals surface area contributed by atoms with E-state index in [4.69, 9.17) is 16.3 Å². The van der Waals surface area contributed by atoms with Crippen LogP contribution < -0.4 is 4.74 Å². The molecule has 2 aromatic carbocycles. The molecule has 1 fully saturated rings. The zero-order valence-electron chi connectivity index (χ0n) is 16.3. The molecule has 0 spiro atoms. The molecule has 1 atom stereocenters. The summed E-state index contributed by atoms with van der Waals surface area (Å²) >= 11 is 5.95. The molecule has 0 aromatic heterocycles. The van der Waals surface area contributed by atoms with Crippen LogP contribution in [-0.4, -0.2) is 60.3 Å². The molecule has 0 bridgehead atoms. The monoisotopic (exact) mass is 400 g/mol. The Balaban J connectivity index is 1.39. The van der Waals surface area contributed by atoms with Gasteiger partial charge in [-0.05, 0) is 35.7 Å². The Hall–Kier alpha value is -1.85. The first-order valence-corrected chi connectivity index (χ1v) is 10.2. The number of aliphatic hydroxyl groups excluding tert-OH is 1. The fraction of sp³-hybridized carbons (Fsp3) is 0.391. The van der Waals surface area contributed by atoms with Gasteiger partial charge in [-0.1, -0.05) is 48.0 Å². The number of rotatable bonds is 9. The summed E-state index contributed by atoms with van der Waals surface area (Å²) in [4.78, 5) is 4.75. The van der Waals surface area contributed by atoms with Crippen LogP contribution in [0.1, 0.15) is 11.1 Å². The predicted molar refractivity (Wildman–Crippen MR) is 115 cm³/mol. The molecule has 1 unspecified atom stereocenters. The molecule has 0 amide bonds. The van der Waals surface area contributed by atoms with Gasteiger partial charge in [0.25, 0.3) is 0 Å². The molecule has 4 nitrogen and oxygen atoms in total. The standard InChI is InChI=1S/C23H29ClN2O2/c1-2-5-20-6-3-4-7-23(20)28-18-22(27)17-26-14-12-25(13-15-26)16-19-8-10-21(24)11-9-19/h2-4,6-11,22,27H,1,5,12-18H2.